The number of nitriles is 1. The summed E-state index contributed by atoms with van der Waals surface area (Å²) in [5, 5.41) is 18.4. The van der Waals surface area contributed by atoms with Crippen LogP contribution >= 0.6 is 14.7 Å². The van der Waals surface area contributed by atoms with Crippen LogP contribution in [0.15, 0.2) is 255 Å². The third kappa shape index (κ3) is 9.04. The van der Waals surface area contributed by atoms with Gasteiger partial charge in [-0.15, -0.1) is 0 Å². The summed E-state index contributed by atoms with van der Waals surface area (Å²) in [4.78, 5) is 0. The molecule has 0 N–H and O–H groups in total. The zero-order chi connectivity index (χ0) is 62.2. The minimum absolute atomic E-state index is 0.138. The van der Waals surface area contributed by atoms with Crippen molar-refractivity contribution in [2.24, 2.45) is 0 Å². The maximum Gasteiger partial charge on any atom is 0.311 e. The first-order valence-corrected chi connectivity index (χ1v) is 33.8. The Kier molecular flexibility index (Phi) is 13.8. The van der Waals surface area contributed by atoms with Crippen molar-refractivity contribution in [1.82, 2.24) is 0 Å². The fourth-order valence-corrected chi connectivity index (χ4v) is 18.9. The summed E-state index contributed by atoms with van der Waals surface area (Å²) in [6, 6.07) is 80.6. The number of fused-ring (bicyclic) bond motifs is 10. The number of rotatable bonds is 12. The summed E-state index contributed by atoms with van der Waals surface area (Å²) >= 11 is 0. The highest BCUT2D eigenvalue weighted by atomic mass is 31.2. The normalized spacial score (nSPS) is 16.1. The quantitative estimate of drug-likeness (QED) is 0.0871. The third-order valence-corrected chi connectivity index (χ3v) is 23.1. The molecule has 13 aromatic carbocycles. The van der Waals surface area contributed by atoms with Crippen molar-refractivity contribution in [1.29, 1.82) is 5.26 Å². The van der Waals surface area contributed by atoms with E-state index in [-0.39, 0.29) is 6.61 Å². The van der Waals surface area contributed by atoms with E-state index in [4.69, 9.17) is 28.0 Å². The van der Waals surface area contributed by atoms with Crippen molar-refractivity contribution in [3.63, 3.8) is 0 Å². The standard InChI is InChI=1S/C81H57NO8P2/c1-85-70-46-74(91(83)72-33-19-15-29-60(72)58-27-13-17-31-68(58)89-91)81(87-3)67-45-65-64(44-63(67)70)76(52-21-7-4-8-22-52)78(53-23-9-5-10-24-53)79(54-25-11-6-12-26-54)77(65)55-38-35-50(36-39-55)49-88-71-47-75(80(86-2)66-43-57-41-51(48-82)37-40-56(57)42-62(66)71)92(84)73-34-20-16-30-61(73)59-28-14-18-32-69(59)90-92/h4-7,9-21,23-47H,8,22,49H2,1-3H3. The molecule has 444 valence electrons. The highest BCUT2D eigenvalue weighted by molar-refractivity contribution is 7.75. The van der Waals surface area contributed by atoms with Gasteiger partial charge in [0.15, 0.2) is 0 Å². The van der Waals surface area contributed by atoms with E-state index in [1.165, 1.54) is 5.57 Å². The molecule has 0 saturated heterocycles. The number of allylic oxidation sites excluding steroid dienone is 4. The Morgan fingerprint density at radius 2 is 0.935 bits per heavy atom. The summed E-state index contributed by atoms with van der Waals surface area (Å²) < 4.78 is 72.3. The topological polar surface area (TPSA) is 113 Å². The smallest absolute Gasteiger partial charge is 0.311 e. The molecule has 0 fully saturated rings. The predicted molar refractivity (Wildman–Crippen MR) is 373 cm³/mol. The maximum absolute atomic E-state index is 16.3. The molecular formula is C81H57NO8P2. The van der Waals surface area contributed by atoms with E-state index in [0.29, 0.717) is 72.1 Å². The van der Waals surface area contributed by atoms with Crippen LogP contribution in [0, 0.1) is 11.3 Å². The van der Waals surface area contributed by atoms with Crippen LogP contribution in [-0.2, 0) is 15.7 Å². The van der Waals surface area contributed by atoms with Crippen molar-refractivity contribution in [3.05, 3.63) is 272 Å². The molecule has 11 heteroatoms. The van der Waals surface area contributed by atoms with Gasteiger partial charge < -0.3 is 28.0 Å². The molecule has 2 unspecified atom stereocenters. The van der Waals surface area contributed by atoms with E-state index in [9.17, 15) is 5.26 Å². The van der Waals surface area contributed by atoms with Gasteiger partial charge in [-0.1, -0.05) is 182 Å². The van der Waals surface area contributed by atoms with E-state index < -0.39 is 14.7 Å². The van der Waals surface area contributed by atoms with Crippen molar-refractivity contribution in [3.8, 4) is 96.2 Å². The minimum Gasteiger partial charge on any atom is -0.496 e. The fraction of sp³-hybridized carbons (Fsp3) is 0.0741. The van der Waals surface area contributed by atoms with Crippen molar-refractivity contribution >= 4 is 84.6 Å². The lowest BCUT2D eigenvalue weighted by Gasteiger charge is -2.30. The van der Waals surface area contributed by atoms with Gasteiger partial charge in [0.25, 0.3) is 0 Å². The molecule has 0 saturated carbocycles. The van der Waals surface area contributed by atoms with Gasteiger partial charge in [-0.3, -0.25) is 9.13 Å². The number of hydrogen-bond acceptors (Lipinski definition) is 9. The van der Waals surface area contributed by atoms with E-state index in [2.05, 4.69) is 121 Å². The van der Waals surface area contributed by atoms with Crippen LogP contribution < -0.4 is 49.2 Å². The zero-order valence-corrected chi connectivity index (χ0v) is 52.3. The Morgan fingerprint density at radius 1 is 0.435 bits per heavy atom. The van der Waals surface area contributed by atoms with E-state index >= 15 is 9.13 Å². The van der Waals surface area contributed by atoms with Crippen LogP contribution in [0.25, 0.3) is 104 Å². The summed E-state index contributed by atoms with van der Waals surface area (Å²) in [7, 11) is -2.99. The van der Waals surface area contributed by atoms with Crippen LogP contribution in [0.3, 0.4) is 0 Å². The summed E-state index contributed by atoms with van der Waals surface area (Å²) in [5.74, 6) is 2.87. The molecule has 2 aliphatic heterocycles. The molecule has 13 aromatic rings. The molecule has 0 radical (unpaired) electrons. The second-order valence-corrected chi connectivity index (χ2v) is 27.8. The summed E-state index contributed by atoms with van der Waals surface area (Å²) in [6.07, 6.45) is 8.33. The highest BCUT2D eigenvalue weighted by Gasteiger charge is 2.43. The van der Waals surface area contributed by atoms with Gasteiger partial charge in [0.2, 0.25) is 0 Å². The van der Waals surface area contributed by atoms with Gasteiger partial charge in [0, 0.05) is 32.7 Å². The molecular weight excluding hydrogens is 1180 g/mol. The molecule has 9 nitrogen and oxygen atoms in total. The molecule has 16 rings (SSSR count). The van der Waals surface area contributed by atoms with Gasteiger partial charge >= 0.3 is 14.7 Å². The Hall–Kier alpha value is -10.9. The number of para-hydroxylation sites is 2. The number of benzene rings is 13. The zero-order valence-electron chi connectivity index (χ0n) is 50.5. The monoisotopic (exact) mass is 1230 g/mol. The first kappa shape index (κ1) is 56.4. The predicted octanol–water partition coefficient (Wildman–Crippen LogP) is 19.1. The third-order valence-electron chi connectivity index (χ3n) is 18.2. The molecule has 92 heavy (non-hydrogen) atoms. The van der Waals surface area contributed by atoms with Crippen LogP contribution in [0.1, 0.15) is 29.5 Å². The Balaban J connectivity index is 0.906. The molecule has 3 aliphatic rings. The lowest BCUT2D eigenvalue weighted by atomic mass is 9.77. The van der Waals surface area contributed by atoms with Crippen LogP contribution in [-0.4, -0.2) is 21.3 Å². The van der Waals surface area contributed by atoms with E-state index in [1.807, 2.05) is 133 Å². The average molecular weight is 1230 g/mol. The number of ether oxygens (including phenoxy) is 4. The second-order valence-electron chi connectivity index (χ2n) is 23.3. The molecule has 2 heterocycles. The number of hydrogen-bond donors (Lipinski definition) is 0. The Labute approximate surface area is 532 Å². The van der Waals surface area contributed by atoms with Crippen LogP contribution in [0.2, 0.25) is 0 Å². The van der Waals surface area contributed by atoms with Crippen molar-refractivity contribution in [2.75, 3.05) is 21.3 Å². The highest BCUT2D eigenvalue weighted by Crippen LogP contribution is 2.60. The number of methoxy groups -OCH3 is 3. The molecule has 1 aliphatic carbocycles. The van der Waals surface area contributed by atoms with Crippen LogP contribution in [0.5, 0.6) is 34.5 Å². The van der Waals surface area contributed by atoms with E-state index in [0.717, 1.165) is 112 Å². The molecule has 0 bridgehead atoms. The van der Waals surface area contributed by atoms with Gasteiger partial charge in [0.1, 0.15) is 41.1 Å². The van der Waals surface area contributed by atoms with Gasteiger partial charge in [-0.05, 0) is 168 Å². The summed E-state index contributed by atoms with van der Waals surface area (Å²) in [6.45, 7) is 0.138. The summed E-state index contributed by atoms with van der Waals surface area (Å²) in [5.41, 5.74) is 13.2. The maximum atomic E-state index is 16.3. The molecule has 2 atom stereocenters. The second kappa shape index (κ2) is 22.6. The largest absolute Gasteiger partial charge is 0.496 e. The van der Waals surface area contributed by atoms with Crippen molar-refractivity contribution < 1.29 is 37.1 Å². The van der Waals surface area contributed by atoms with E-state index in [1.54, 1.807) is 27.4 Å². The minimum atomic E-state index is -3.94. The molecule has 0 spiro atoms. The van der Waals surface area contributed by atoms with Crippen LogP contribution in [0.4, 0.5) is 0 Å². The Morgan fingerprint density at radius 3 is 1.51 bits per heavy atom. The Bertz CT molecular complexity index is 5440. The average Bonchev–Trinajstić information content (AvgIpc) is 0.725. The lowest BCUT2D eigenvalue weighted by Crippen LogP contribution is -2.26. The first-order chi connectivity index (χ1) is 45.2. The SMILES string of the molecule is COc1cc(P2(=O)Oc3ccccc3-c3ccccc32)c(OC)c2cc3c(-c4ccc(COc5cc(P6(=O)Oc7ccccc7-c7ccccc76)c(OC)c6cc7cc(C#N)ccc7cc56)cc4)c(-c4ccccc4)c(-c4ccccc4)c(C4=CC=CCC4)c3cc12. The van der Waals surface area contributed by atoms with Crippen molar-refractivity contribution in [2.45, 2.75) is 19.4 Å². The van der Waals surface area contributed by atoms with Gasteiger partial charge in [-0.2, -0.15) is 5.26 Å². The first-order valence-electron chi connectivity index (χ1n) is 30.6. The van der Waals surface area contributed by atoms with Gasteiger partial charge in [0.05, 0.1) is 54.2 Å². The van der Waals surface area contributed by atoms with Gasteiger partial charge in [-0.25, -0.2) is 0 Å². The fourth-order valence-electron chi connectivity index (χ4n) is 14.0. The number of nitrogens with zero attached hydrogens (tertiary/aromatic N) is 1. The molecule has 0 amide bonds. The lowest BCUT2D eigenvalue weighted by molar-refractivity contribution is 0.310. The molecule has 0 aromatic heterocycles.